The van der Waals surface area contributed by atoms with Crippen LogP contribution >= 0.6 is 11.3 Å². The first-order chi connectivity index (χ1) is 11.6. The van der Waals surface area contributed by atoms with E-state index in [0.717, 1.165) is 43.8 Å². The molecule has 0 aromatic carbocycles. The second-order valence-corrected chi connectivity index (χ2v) is 7.77. The molecular formula is C18H27N3O2S. The van der Waals surface area contributed by atoms with Gasteiger partial charge in [0.15, 0.2) is 0 Å². The summed E-state index contributed by atoms with van der Waals surface area (Å²) in [4.78, 5) is 29.9. The van der Waals surface area contributed by atoms with Crippen LogP contribution in [0.25, 0.3) is 0 Å². The fourth-order valence-corrected chi connectivity index (χ4v) is 4.33. The maximum absolute atomic E-state index is 12.5. The van der Waals surface area contributed by atoms with Crippen molar-refractivity contribution < 1.29 is 9.59 Å². The zero-order valence-electron chi connectivity index (χ0n) is 14.4. The fraction of sp³-hybridized carbons (Fsp3) is 0.667. The molecule has 6 heteroatoms. The number of amides is 2. The Balaban J connectivity index is 1.52. The minimum absolute atomic E-state index is 0.120. The first-order valence-electron chi connectivity index (χ1n) is 9.02. The standard InChI is InChI=1S/C18H27N3O2S/c1-14(17(22)19-15-6-2-3-7-15)20-9-5-10-21(12-11-20)18(23)16-8-4-13-24-16/h4,8,13-15H,2-3,5-7,9-12H2,1H3,(H,19,22). The van der Waals surface area contributed by atoms with E-state index in [1.54, 1.807) is 0 Å². The third-order valence-corrected chi connectivity index (χ3v) is 6.04. The third-order valence-electron chi connectivity index (χ3n) is 5.18. The van der Waals surface area contributed by atoms with Gasteiger partial charge in [0, 0.05) is 32.2 Å². The van der Waals surface area contributed by atoms with Crippen LogP contribution in [-0.4, -0.2) is 59.9 Å². The molecule has 5 nitrogen and oxygen atoms in total. The maximum atomic E-state index is 12.5. The van der Waals surface area contributed by atoms with E-state index in [4.69, 9.17) is 0 Å². The molecule has 2 heterocycles. The monoisotopic (exact) mass is 349 g/mol. The molecule has 1 N–H and O–H groups in total. The predicted molar refractivity (Wildman–Crippen MR) is 96.3 cm³/mol. The molecule has 1 aromatic heterocycles. The molecule has 1 aliphatic heterocycles. The first-order valence-corrected chi connectivity index (χ1v) is 9.90. The number of carbonyl (C=O) groups excluding carboxylic acids is 2. The maximum Gasteiger partial charge on any atom is 0.263 e. The van der Waals surface area contributed by atoms with Crippen LogP contribution in [0.5, 0.6) is 0 Å². The van der Waals surface area contributed by atoms with E-state index >= 15 is 0 Å². The number of nitrogens with zero attached hydrogens (tertiary/aromatic N) is 2. The summed E-state index contributed by atoms with van der Waals surface area (Å²) >= 11 is 1.49. The summed E-state index contributed by atoms with van der Waals surface area (Å²) in [7, 11) is 0. The SMILES string of the molecule is CC(C(=O)NC1CCCC1)N1CCCN(C(=O)c2cccs2)CC1. The molecule has 1 aliphatic carbocycles. The van der Waals surface area contributed by atoms with Gasteiger partial charge >= 0.3 is 0 Å². The number of hydrogen-bond acceptors (Lipinski definition) is 4. The lowest BCUT2D eigenvalue weighted by Crippen LogP contribution is -2.48. The number of nitrogens with one attached hydrogen (secondary N) is 1. The van der Waals surface area contributed by atoms with Crippen molar-refractivity contribution in [1.29, 1.82) is 0 Å². The van der Waals surface area contributed by atoms with Gasteiger partial charge in [0.25, 0.3) is 5.91 Å². The lowest BCUT2D eigenvalue weighted by atomic mass is 10.2. The van der Waals surface area contributed by atoms with Gasteiger partial charge < -0.3 is 10.2 Å². The predicted octanol–water partition coefficient (Wildman–Crippen LogP) is 2.34. The van der Waals surface area contributed by atoms with Crippen LogP contribution in [0, 0.1) is 0 Å². The lowest BCUT2D eigenvalue weighted by molar-refractivity contribution is -0.126. The molecule has 1 saturated heterocycles. The zero-order chi connectivity index (χ0) is 16.9. The summed E-state index contributed by atoms with van der Waals surface area (Å²) in [5.74, 6) is 0.259. The van der Waals surface area contributed by atoms with Crippen LogP contribution in [0.15, 0.2) is 17.5 Å². The molecular weight excluding hydrogens is 322 g/mol. The molecule has 2 aliphatic rings. The summed E-state index contributed by atoms with van der Waals surface area (Å²) < 4.78 is 0. The lowest BCUT2D eigenvalue weighted by Gasteiger charge is -2.28. The summed E-state index contributed by atoms with van der Waals surface area (Å²) in [6.45, 7) is 5.08. The topological polar surface area (TPSA) is 52.7 Å². The minimum atomic E-state index is -0.123. The highest BCUT2D eigenvalue weighted by molar-refractivity contribution is 7.12. The highest BCUT2D eigenvalue weighted by Crippen LogP contribution is 2.18. The Morgan fingerprint density at radius 3 is 2.67 bits per heavy atom. The summed E-state index contributed by atoms with van der Waals surface area (Å²) in [6, 6.07) is 4.04. The van der Waals surface area contributed by atoms with Crippen LogP contribution in [0.1, 0.15) is 48.7 Å². The molecule has 24 heavy (non-hydrogen) atoms. The quantitative estimate of drug-likeness (QED) is 0.908. The van der Waals surface area contributed by atoms with E-state index in [-0.39, 0.29) is 17.9 Å². The van der Waals surface area contributed by atoms with Gasteiger partial charge in [0.1, 0.15) is 0 Å². The molecule has 132 valence electrons. The Labute approximate surface area is 148 Å². The molecule has 0 spiro atoms. The smallest absolute Gasteiger partial charge is 0.263 e. The highest BCUT2D eigenvalue weighted by Gasteiger charge is 2.28. The minimum Gasteiger partial charge on any atom is -0.352 e. The van der Waals surface area contributed by atoms with Crippen molar-refractivity contribution in [2.45, 2.75) is 51.1 Å². The second kappa shape index (κ2) is 8.12. The van der Waals surface area contributed by atoms with Gasteiger partial charge in [-0.25, -0.2) is 0 Å². The molecule has 2 fully saturated rings. The Kier molecular flexibility index (Phi) is 5.89. The summed E-state index contributed by atoms with van der Waals surface area (Å²) in [6.07, 6.45) is 5.59. The molecule has 1 atom stereocenters. The number of hydrogen-bond donors (Lipinski definition) is 1. The van der Waals surface area contributed by atoms with E-state index in [1.807, 2.05) is 29.3 Å². The van der Waals surface area contributed by atoms with Gasteiger partial charge in [-0.1, -0.05) is 18.9 Å². The van der Waals surface area contributed by atoms with Gasteiger partial charge in [0.2, 0.25) is 5.91 Å². The second-order valence-electron chi connectivity index (χ2n) is 6.82. The van der Waals surface area contributed by atoms with Crippen LogP contribution in [0.2, 0.25) is 0 Å². The molecule has 1 saturated carbocycles. The third kappa shape index (κ3) is 4.16. The van der Waals surface area contributed by atoms with Crippen LogP contribution in [0.4, 0.5) is 0 Å². The van der Waals surface area contributed by atoms with E-state index in [0.29, 0.717) is 12.6 Å². The zero-order valence-corrected chi connectivity index (χ0v) is 15.2. The van der Waals surface area contributed by atoms with Crippen molar-refractivity contribution in [3.05, 3.63) is 22.4 Å². The van der Waals surface area contributed by atoms with Crippen molar-refractivity contribution in [2.24, 2.45) is 0 Å². The van der Waals surface area contributed by atoms with E-state index in [1.165, 1.54) is 24.2 Å². The van der Waals surface area contributed by atoms with Gasteiger partial charge in [-0.3, -0.25) is 14.5 Å². The van der Waals surface area contributed by atoms with Crippen molar-refractivity contribution in [1.82, 2.24) is 15.1 Å². The van der Waals surface area contributed by atoms with Crippen molar-refractivity contribution in [3.8, 4) is 0 Å². The Morgan fingerprint density at radius 2 is 1.96 bits per heavy atom. The number of rotatable bonds is 4. The molecule has 0 radical (unpaired) electrons. The van der Waals surface area contributed by atoms with Crippen molar-refractivity contribution >= 4 is 23.2 Å². The normalized spacial score (nSPS) is 21.5. The first kappa shape index (κ1) is 17.4. The molecule has 3 rings (SSSR count). The number of thiophene rings is 1. The van der Waals surface area contributed by atoms with Crippen molar-refractivity contribution in [2.75, 3.05) is 26.2 Å². The Bertz CT molecular complexity index is 555. The Morgan fingerprint density at radius 1 is 1.17 bits per heavy atom. The Hall–Kier alpha value is -1.40. The van der Waals surface area contributed by atoms with Crippen molar-refractivity contribution in [3.63, 3.8) is 0 Å². The largest absolute Gasteiger partial charge is 0.352 e. The molecule has 1 unspecified atom stereocenters. The van der Waals surface area contributed by atoms with Gasteiger partial charge in [-0.05, 0) is 37.6 Å². The molecule has 0 bridgehead atoms. The van der Waals surface area contributed by atoms with Crippen LogP contribution < -0.4 is 5.32 Å². The van der Waals surface area contributed by atoms with Gasteiger partial charge in [-0.2, -0.15) is 0 Å². The van der Waals surface area contributed by atoms with Gasteiger partial charge in [0.05, 0.1) is 10.9 Å². The van der Waals surface area contributed by atoms with Gasteiger partial charge in [-0.15, -0.1) is 11.3 Å². The average Bonchev–Trinajstić information content (AvgIpc) is 3.23. The van der Waals surface area contributed by atoms with Crippen LogP contribution in [-0.2, 0) is 4.79 Å². The van der Waals surface area contributed by atoms with E-state index in [9.17, 15) is 9.59 Å². The summed E-state index contributed by atoms with van der Waals surface area (Å²) in [5, 5.41) is 5.13. The highest BCUT2D eigenvalue weighted by atomic mass is 32.1. The fourth-order valence-electron chi connectivity index (χ4n) is 3.64. The molecule has 2 amide bonds. The van der Waals surface area contributed by atoms with Crippen LogP contribution in [0.3, 0.4) is 0 Å². The molecule has 1 aromatic rings. The number of carbonyl (C=O) groups is 2. The average molecular weight is 350 g/mol. The summed E-state index contributed by atoms with van der Waals surface area (Å²) in [5.41, 5.74) is 0. The van der Waals surface area contributed by atoms with E-state index in [2.05, 4.69) is 10.2 Å². The van der Waals surface area contributed by atoms with E-state index < -0.39 is 0 Å².